The number of aliphatic carboxylic acids is 1. The molecule has 0 unspecified atom stereocenters. The number of carboxylic acid groups (broad SMARTS) is 1. The molecule has 0 spiro atoms. The molecule has 0 radical (unpaired) electrons. The van der Waals surface area contributed by atoms with Gasteiger partial charge in [-0.1, -0.05) is 26.0 Å². The van der Waals surface area contributed by atoms with Crippen LogP contribution >= 0.6 is 11.3 Å². The Bertz CT molecular complexity index is 1050. The number of aromatic nitrogens is 1. The number of anilines is 1. The summed E-state index contributed by atoms with van der Waals surface area (Å²) in [5.41, 5.74) is 1.88. The Balaban J connectivity index is 1.93. The number of nitrogens with zero attached hydrogens (tertiary/aromatic N) is 2. The zero-order valence-corrected chi connectivity index (χ0v) is 16.8. The Morgan fingerprint density at radius 3 is 2.45 bits per heavy atom. The first-order valence-corrected chi connectivity index (χ1v) is 9.93. The van der Waals surface area contributed by atoms with Crippen LogP contribution in [0.4, 0.5) is 14.5 Å². The lowest BCUT2D eigenvalue weighted by molar-refractivity contribution is -0.138. The van der Waals surface area contributed by atoms with Gasteiger partial charge in [0.1, 0.15) is 16.6 Å². The summed E-state index contributed by atoms with van der Waals surface area (Å²) in [7, 11) is 0. The highest BCUT2D eigenvalue weighted by Crippen LogP contribution is 2.29. The van der Waals surface area contributed by atoms with E-state index in [0.717, 1.165) is 29.0 Å². The van der Waals surface area contributed by atoms with Crippen LogP contribution < -0.4 is 4.90 Å². The predicted octanol–water partition coefficient (Wildman–Crippen LogP) is 5.10. The summed E-state index contributed by atoms with van der Waals surface area (Å²) in [4.78, 5) is 29.3. The normalized spacial score (nSPS) is 11.2. The van der Waals surface area contributed by atoms with Gasteiger partial charge in [-0.3, -0.25) is 9.59 Å². The van der Waals surface area contributed by atoms with Crippen LogP contribution in [0.2, 0.25) is 0 Å². The molecule has 0 saturated carbocycles. The number of thiazole rings is 1. The van der Waals surface area contributed by atoms with Gasteiger partial charge in [0.2, 0.25) is 5.91 Å². The molecule has 3 aromatic rings. The predicted molar refractivity (Wildman–Crippen MR) is 108 cm³/mol. The van der Waals surface area contributed by atoms with E-state index in [9.17, 15) is 18.4 Å². The summed E-state index contributed by atoms with van der Waals surface area (Å²) in [5.74, 6) is -2.54. The SMILES string of the molecule is CC(C)c1ccc(N(Cc2nc3cc(F)cc(F)c3s2)C(=O)CCC(=O)O)cc1. The average molecular weight is 418 g/mol. The summed E-state index contributed by atoms with van der Waals surface area (Å²) < 4.78 is 27.7. The third kappa shape index (κ3) is 4.95. The van der Waals surface area contributed by atoms with Gasteiger partial charge in [0.15, 0.2) is 0 Å². The van der Waals surface area contributed by atoms with E-state index in [4.69, 9.17) is 5.11 Å². The Morgan fingerprint density at radius 1 is 1.14 bits per heavy atom. The molecule has 29 heavy (non-hydrogen) atoms. The molecular formula is C21H20F2N2O3S. The van der Waals surface area contributed by atoms with Gasteiger partial charge >= 0.3 is 5.97 Å². The molecule has 0 aliphatic heterocycles. The Hall–Kier alpha value is -2.87. The molecule has 5 nitrogen and oxygen atoms in total. The molecule has 1 N–H and O–H groups in total. The number of amides is 1. The van der Waals surface area contributed by atoms with Gasteiger partial charge in [0, 0.05) is 24.2 Å². The lowest BCUT2D eigenvalue weighted by Gasteiger charge is -2.22. The maximum absolute atomic E-state index is 14.0. The second kappa shape index (κ2) is 8.65. The molecular weight excluding hydrogens is 398 g/mol. The summed E-state index contributed by atoms with van der Waals surface area (Å²) in [6, 6.07) is 9.34. The highest BCUT2D eigenvalue weighted by molar-refractivity contribution is 7.18. The second-order valence-corrected chi connectivity index (χ2v) is 8.05. The van der Waals surface area contributed by atoms with E-state index in [0.29, 0.717) is 16.6 Å². The zero-order valence-electron chi connectivity index (χ0n) is 16.0. The summed E-state index contributed by atoms with van der Waals surface area (Å²) in [6.45, 7) is 4.15. The topological polar surface area (TPSA) is 70.5 Å². The molecule has 0 fully saturated rings. The number of rotatable bonds is 7. The fourth-order valence-electron chi connectivity index (χ4n) is 2.92. The minimum absolute atomic E-state index is 0.0416. The fourth-order valence-corrected chi connectivity index (χ4v) is 3.86. The third-order valence-electron chi connectivity index (χ3n) is 4.47. The number of benzene rings is 2. The number of carboxylic acids is 1. The van der Waals surface area contributed by atoms with E-state index < -0.39 is 17.6 Å². The van der Waals surface area contributed by atoms with Crippen molar-refractivity contribution in [3.8, 4) is 0 Å². The number of carbonyl (C=O) groups is 2. The smallest absolute Gasteiger partial charge is 0.303 e. The van der Waals surface area contributed by atoms with Gasteiger partial charge in [0.25, 0.3) is 0 Å². The van der Waals surface area contributed by atoms with Crippen LogP contribution in [0.3, 0.4) is 0 Å². The highest BCUT2D eigenvalue weighted by atomic mass is 32.1. The molecule has 0 atom stereocenters. The first kappa shape index (κ1) is 20.9. The number of hydrogen-bond donors (Lipinski definition) is 1. The lowest BCUT2D eigenvalue weighted by Crippen LogP contribution is -2.30. The van der Waals surface area contributed by atoms with Crippen molar-refractivity contribution in [2.45, 2.75) is 39.2 Å². The monoisotopic (exact) mass is 418 g/mol. The van der Waals surface area contributed by atoms with Gasteiger partial charge in [-0.05, 0) is 23.6 Å². The van der Waals surface area contributed by atoms with Crippen LogP contribution in [0.5, 0.6) is 0 Å². The Kier molecular flexibility index (Phi) is 6.22. The number of halogens is 2. The minimum Gasteiger partial charge on any atom is -0.481 e. The van der Waals surface area contributed by atoms with Crippen molar-refractivity contribution in [3.05, 3.63) is 58.6 Å². The number of hydrogen-bond acceptors (Lipinski definition) is 4. The van der Waals surface area contributed by atoms with E-state index in [1.165, 1.54) is 4.90 Å². The second-order valence-electron chi connectivity index (χ2n) is 6.96. The molecule has 8 heteroatoms. The van der Waals surface area contributed by atoms with Crippen molar-refractivity contribution in [2.24, 2.45) is 0 Å². The number of carbonyl (C=O) groups excluding carboxylic acids is 1. The van der Waals surface area contributed by atoms with Gasteiger partial charge in [0.05, 0.1) is 23.2 Å². The number of fused-ring (bicyclic) bond motifs is 1. The first-order valence-electron chi connectivity index (χ1n) is 9.11. The van der Waals surface area contributed by atoms with E-state index in [1.54, 1.807) is 12.1 Å². The van der Waals surface area contributed by atoms with Crippen molar-refractivity contribution in [1.29, 1.82) is 0 Å². The standard InChI is InChI=1S/C21H20F2N2O3S/c1-12(2)13-3-5-15(6-4-13)25(19(26)7-8-20(27)28)11-18-24-17-10-14(22)9-16(23)21(17)29-18/h3-6,9-10,12H,7-8,11H2,1-2H3,(H,27,28). The summed E-state index contributed by atoms with van der Waals surface area (Å²) in [6.07, 6.45) is -0.464. The van der Waals surface area contributed by atoms with Crippen LogP contribution in [0.25, 0.3) is 10.2 Å². The average Bonchev–Trinajstić information content (AvgIpc) is 3.07. The van der Waals surface area contributed by atoms with E-state index >= 15 is 0 Å². The van der Waals surface area contributed by atoms with E-state index in [-0.39, 0.29) is 35.5 Å². The molecule has 1 amide bonds. The van der Waals surface area contributed by atoms with Crippen molar-refractivity contribution in [3.63, 3.8) is 0 Å². The van der Waals surface area contributed by atoms with Gasteiger partial charge in [-0.15, -0.1) is 11.3 Å². The molecule has 0 saturated heterocycles. The minimum atomic E-state index is -1.06. The molecule has 0 aliphatic carbocycles. The highest BCUT2D eigenvalue weighted by Gasteiger charge is 2.20. The van der Waals surface area contributed by atoms with Crippen LogP contribution in [-0.4, -0.2) is 22.0 Å². The molecule has 0 bridgehead atoms. The molecule has 1 heterocycles. The van der Waals surface area contributed by atoms with E-state index in [1.807, 2.05) is 12.1 Å². The Labute approximate surface area is 170 Å². The first-order chi connectivity index (χ1) is 13.7. The summed E-state index contributed by atoms with van der Waals surface area (Å²) >= 11 is 1.04. The molecule has 1 aromatic heterocycles. The van der Waals surface area contributed by atoms with Gasteiger partial charge in [-0.2, -0.15) is 0 Å². The Morgan fingerprint density at radius 2 is 1.83 bits per heavy atom. The molecule has 3 rings (SSSR count). The van der Waals surface area contributed by atoms with Crippen LogP contribution in [0.1, 0.15) is 43.2 Å². The molecule has 0 aliphatic rings. The maximum atomic E-state index is 14.0. The van der Waals surface area contributed by atoms with E-state index in [2.05, 4.69) is 18.8 Å². The zero-order chi connectivity index (χ0) is 21.1. The summed E-state index contributed by atoms with van der Waals surface area (Å²) in [5, 5.41) is 9.33. The van der Waals surface area contributed by atoms with Crippen molar-refractivity contribution in [2.75, 3.05) is 4.90 Å². The van der Waals surface area contributed by atoms with Crippen molar-refractivity contribution < 1.29 is 23.5 Å². The van der Waals surface area contributed by atoms with Crippen LogP contribution in [0, 0.1) is 11.6 Å². The fraction of sp³-hybridized carbons (Fsp3) is 0.286. The van der Waals surface area contributed by atoms with Gasteiger partial charge in [-0.25, -0.2) is 13.8 Å². The molecule has 2 aromatic carbocycles. The lowest BCUT2D eigenvalue weighted by atomic mass is 10.0. The van der Waals surface area contributed by atoms with Crippen LogP contribution in [0.15, 0.2) is 36.4 Å². The third-order valence-corrected chi connectivity index (χ3v) is 5.54. The largest absolute Gasteiger partial charge is 0.481 e. The maximum Gasteiger partial charge on any atom is 0.303 e. The van der Waals surface area contributed by atoms with Crippen molar-refractivity contribution >= 4 is 39.1 Å². The molecule has 152 valence electrons. The van der Waals surface area contributed by atoms with Gasteiger partial charge < -0.3 is 10.0 Å². The van der Waals surface area contributed by atoms with Crippen LogP contribution in [-0.2, 0) is 16.1 Å². The quantitative estimate of drug-likeness (QED) is 0.580. The van der Waals surface area contributed by atoms with Crippen molar-refractivity contribution in [1.82, 2.24) is 4.98 Å².